The predicted molar refractivity (Wildman–Crippen MR) is 117 cm³/mol. The summed E-state index contributed by atoms with van der Waals surface area (Å²) >= 11 is 3.09. The molecule has 154 valence electrons. The molecule has 3 aromatic rings. The Bertz CT molecular complexity index is 1140. The number of thiophene rings is 1. The summed E-state index contributed by atoms with van der Waals surface area (Å²) in [6.45, 7) is 0. The average molecular weight is 540 g/mol. The van der Waals surface area contributed by atoms with Gasteiger partial charge in [-0.2, -0.15) is 0 Å². The summed E-state index contributed by atoms with van der Waals surface area (Å²) in [7, 11) is 0. The summed E-state index contributed by atoms with van der Waals surface area (Å²) < 4.78 is 21.3. The van der Waals surface area contributed by atoms with E-state index in [1.54, 1.807) is 35.7 Å². The highest BCUT2D eigenvalue weighted by Gasteiger charge is 2.55. The van der Waals surface area contributed by atoms with E-state index in [-0.39, 0.29) is 16.2 Å². The van der Waals surface area contributed by atoms with Gasteiger partial charge in [0.25, 0.3) is 5.91 Å². The van der Waals surface area contributed by atoms with E-state index in [0.717, 1.165) is 0 Å². The number of carbonyl (C=O) groups excluding carboxylic acids is 1. The van der Waals surface area contributed by atoms with Crippen molar-refractivity contribution >= 4 is 55.9 Å². The minimum atomic E-state index is -1.82. The standard InChI is InChI=1S/C18H14FIN6O3S/c19-11-13(29-18(7-20,15(11)27)25-26-21)10-6-30-14-12(10)22-8-23-16(14)24-17(28)9-4-2-1-3-5-9/h1-6,8,11,13,15,27H,7H2,(H,22,23,24,28)/t11-,13-,15-,18?/m0/s1. The van der Waals surface area contributed by atoms with Crippen LogP contribution in [0.1, 0.15) is 22.0 Å². The number of nitrogens with zero attached hydrogens (tertiary/aromatic N) is 5. The number of ether oxygens (including phenoxy) is 1. The van der Waals surface area contributed by atoms with Crippen LogP contribution in [0.4, 0.5) is 10.2 Å². The SMILES string of the molecule is [N-]=[N+]=NC1(CI)O[C@@H](c2csc3c(NC(=O)c4ccccc4)ncnc23)[C@H](F)[C@@H]1O. The van der Waals surface area contributed by atoms with Crippen LogP contribution in [0.15, 0.2) is 47.2 Å². The highest BCUT2D eigenvalue weighted by Crippen LogP contribution is 2.46. The van der Waals surface area contributed by atoms with Crippen molar-refractivity contribution in [3.05, 3.63) is 63.6 Å². The van der Waals surface area contributed by atoms with Gasteiger partial charge in [0.15, 0.2) is 17.7 Å². The van der Waals surface area contributed by atoms with Crippen molar-refractivity contribution in [2.45, 2.75) is 24.1 Å². The normalized spacial score (nSPS) is 25.8. The molecule has 2 aromatic heterocycles. The van der Waals surface area contributed by atoms with E-state index in [1.807, 2.05) is 22.6 Å². The zero-order chi connectivity index (χ0) is 21.3. The molecule has 0 saturated carbocycles. The summed E-state index contributed by atoms with van der Waals surface area (Å²) in [4.78, 5) is 23.5. The van der Waals surface area contributed by atoms with Crippen LogP contribution in [0.25, 0.3) is 20.7 Å². The number of hydrogen-bond acceptors (Lipinski definition) is 7. The summed E-state index contributed by atoms with van der Waals surface area (Å²) in [5, 5.41) is 18.2. The number of alkyl halides is 2. The van der Waals surface area contributed by atoms with Gasteiger partial charge in [-0.05, 0) is 23.0 Å². The first kappa shape index (κ1) is 20.9. The molecule has 0 bridgehead atoms. The number of anilines is 1. The van der Waals surface area contributed by atoms with E-state index >= 15 is 0 Å². The van der Waals surface area contributed by atoms with Crippen molar-refractivity contribution in [1.29, 1.82) is 0 Å². The second kappa shape index (κ2) is 8.40. The first-order chi connectivity index (χ1) is 14.5. The third-order valence-electron chi connectivity index (χ3n) is 4.74. The Hall–Kier alpha value is -2.38. The van der Waals surface area contributed by atoms with Gasteiger partial charge in [-0.15, -0.1) is 11.3 Å². The number of halogens is 2. The van der Waals surface area contributed by atoms with E-state index in [4.69, 9.17) is 10.3 Å². The van der Waals surface area contributed by atoms with Gasteiger partial charge in [-0.25, -0.2) is 14.4 Å². The van der Waals surface area contributed by atoms with E-state index in [2.05, 4.69) is 25.3 Å². The number of benzene rings is 1. The number of rotatable bonds is 5. The van der Waals surface area contributed by atoms with Crippen molar-refractivity contribution in [2.75, 3.05) is 9.74 Å². The lowest BCUT2D eigenvalue weighted by Crippen LogP contribution is -2.41. The smallest absolute Gasteiger partial charge is 0.256 e. The molecule has 1 unspecified atom stereocenters. The van der Waals surface area contributed by atoms with Crippen molar-refractivity contribution in [3.63, 3.8) is 0 Å². The minimum absolute atomic E-state index is 0.0718. The van der Waals surface area contributed by atoms with Gasteiger partial charge in [-0.3, -0.25) is 4.79 Å². The maximum Gasteiger partial charge on any atom is 0.256 e. The van der Waals surface area contributed by atoms with Gasteiger partial charge in [0, 0.05) is 20.5 Å². The zero-order valence-electron chi connectivity index (χ0n) is 15.1. The lowest BCUT2D eigenvalue weighted by atomic mass is 10.0. The van der Waals surface area contributed by atoms with Crippen LogP contribution in [-0.2, 0) is 4.74 Å². The maximum atomic E-state index is 14.9. The summed E-state index contributed by atoms with van der Waals surface area (Å²) in [6, 6.07) is 8.66. The highest BCUT2D eigenvalue weighted by molar-refractivity contribution is 14.1. The van der Waals surface area contributed by atoms with Gasteiger partial charge in [0.1, 0.15) is 18.5 Å². The number of amides is 1. The highest BCUT2D eigenvalue weighted by atomic mass is 127. The molecule has 2 N–H and O–H groups in total. The Labute approximate surface area is 187 Å². The monoisotopic (exact) mass is 540 g/mol. The fraction of sp³-hybridized carbons (Fsp3) is 0.278. The molecule has 1 amide bonds. The van der Waals surface area contributed by atoms with Crippen LogP contribution < -0.4 is 5.32 Å². The van der Waals surface area contributed by atoms with Gasteiger partial charge < -0.3 is 15.2 Å². The molecule has 12 heteroatoms. The molecule has 0 radical (unpaired) electrons. The van der Waals surface area contributed by atoms with E-state index in [0.29, 0.717) is 21.3 Å². The fourth-order valence-corrected chi connectivity index (χ4v) is 5.00. The number of fused-ring (bicyclic) bond motifs is 1. The van der Waals surface area contributed by atoms with Crippen LogP contribution in [-0.4, -0.2) is 43.4 Å². The summed E-state index contributed by atoms with van der Waals surface area (Å²) in [5.41, 5.74) is 8.36. The van der Waals surface area contributed by atoms with E-state index in [9.17, 15) is 14.3 Å². The topological polar surface area (TPSA) is 133 Å². The fourth-order valence-electron chi connectivity index (χ4n) is 3.23. The zero-order valence-corrected chi connectivity index (χ0v) is 18.1. The predicted octanol–water partition coefficient (Wildman–Crippen LogP) is 4.16. The van der Waals surface area contributed by atoms with Gasteiger partial charge in [-0.1, -0.05) is 45.9 Å². The second-order valence-corrected chi connectivity index (χ2v) is 8.15. The molecule has 1 fully saturated rings. The first-order valence-electron chi connectivity index (χ1n) is 8.71. The van der Waals surface area contributed by atoms with E-state index in [1.165, 1.54) is 17.7 Å². The van der Waals surface area contributed by atoms with Crippen LogP contribution in [0.5, 0.6) is 0 Å². The van der Waals surface area contributed by atoms with Crippen LogP contribution in [0, 0.1) is 0 Å². The number of aliphatic hydroxyl groups is 1. The molecule has 30 heavy (non-hydrogen) atoms. The van der Waals surface area contributed by atoms with Crippen molar-refractivity contribution in [3.8, 4) is 0 Å². The molecule has 3 heterocycles. The summed E-state index contributed by atoms with van der Waals surface area (Å²) in [5.74, 6) is -0.0528. The molecule has 1 saturated heterocycles. The lowest BCUT2D eigenvalue weighted by Gasteiger charge is -2.23. The molecule has 0 spiro atoms. The maximum absolute atomic E-state index is 14.9. The van der Waals surface area contributed by atoms with Crippen LogP contribution in [0.2, 0.25) is 0 Å². The van der Waals surface area contributed by atoms with Gasteiger partial charge >= 0.3 is 0 Å². The molecular weight excluding hydrogens is 526 g/mol. The Balaban J connectivity index is 1.69. The Morgan fingerprint density at radius 3 is 2.90 bits per heavy atom. The van der Waals surface area contributed by atoms with Crippen molar-refractivity contribution < 1.29 is 19.0 Å². The summed E-state index contributed by atoms with van der Waals surface area (Å²) in [6.07, 6.45) is -3.36. The Morgan fingerprint density at radius 1 is 1.43 bits per heavy atom. The Morgan fingerprint density at radius 2 is 2.20 bits per heavy atom. The van der Waals surface area contributed by atoms with Crippen LogP contribution >= 0.6 is 33.9 Å². The van der Waals surface area contributed by atoms with E-state index < -0.39 is 24.1 Å². The third kappa shape index (κ3) is 3.50. The molecule has 4 atom stereocenters. The quantitative estimate of drug-likeness (QED) is 0.165. The molecule has 1 aliphatic heterocycles. The number of carbonyl (C=O) groups is 1. The largest absolute Gasteiger partial charge is 0.387 e. The minimum Gasteiger partial charge on any atom is -0.387 e. The molecular formula is C18H14FIN6O3S. The number of hydrogen-bond donors (Lipinski definition) is 2. The van der Waals surface area contributed by atoms with Gasteiger partial charge in [0.05, 0.1) is 10.2 Å². The van der Waals surface area contributed by atoms with Crippen LogP contribution in [0.3, 0.4) is 0 Å². The van der Waals surface area contributed by atoms with Crippen molar-refractivity contribution in [1.82, 2.24) is 9.97 Å². The third-order valence-corrected chi connectivity index (χ3v) is 6.83. The molecule has 1 aromatic carbocycles. The molecule has 0 aliphatic carbocycles. The lowest BCUT2D eigenvalue weighted by molar-refractivity contribution is -0.0594. The molecule has 9 nitrogen and oxygen atoms in total. The number of aliphatic hydroxyl groups excluding tert-OH is 1. The number of nitrogens with one attached hydrogen (secondary N) is 1. The average Bonchev–Trinajstić information content (AvgIpc) is 3.30. The second-order valence-electron chi connectivity index (χ2n) is 6.51. The number of azide groups is 1. The molecule has 1 aliphatic rings. The van der Waals surface area contributed by atoms with Gasteiger partial charge in [0.2, 0.25) is 0 Å². The first-order valence-corrected chi connectivity index (χ1v) is 11.1. The number of aromatic nitrogens is 2. The molecule has 4 rings (SSSR count). The van der Waals surface area contributed by atoms with Crippen molar-refractivity contribution in [2.24, 2.45) is 5.11 Å². The Kier molecular flexibility index (Phi) is 5.84.